The number of rotatable bonds is 10. The molecule has 1 fully saturated rings. The summed E-state index contributed by atoms with van der Waals surface area (Å²) in [5.74, 6) is -2.12. The second kappa shape index (κ2) is 10.9. The fourth-order valence-electron chi connectivity index (χ4n) is 3.75. The Morgan fingerprint density at radius 3 is 2.28 bits per heavy atom. The van der Waals surface area contributed by atoms with Crippen LogP contribution in [0.25, 0.3) is 6.08 Å². The van der Waals surface area contributed by atoms with Crippen LogP contribution in [0.15, 0.2) is 30.3 Å². The van der Waals surface area contributed by atoms with Gasteiger partial charge in [0, 0.05) is 25.1 Å². The molecule has 1 amide bonds. The summed E-state index contributed by atoms with van der Waals surface area (Å²) in [5.41, 5.74) is 5.80. The first-order chi connectivity index (χ1) is 15.0. The van der Waals surface area contributed by atoms with Crippen LogP contribution in [0.5, 0.6) is 0 Å². The van der Waals surface area contributed by atoms with E-state index in [4.69, 9.17) is 26.1 Å². The lowest BCUT2D eigenvalue weighted by Crippen LogP contribution is -2.50. The quantitative estimate of drug-likeness (QED) is 0.318. The van der Waals surface area contributed by atoms with Crippen molar-refractivity contribution in [1.82, 2.24) is 4.90 Å². The number of aliphatic carboxylic acids is 2. The normalized spacial score (nSPS) is 16.1. The van der Waals surface area contributed by atoms with Gasteiger partial charge in [-0.05, 0) is 38.2 Å². The minimum Gasteiger partial charge on any atom is -0.481 e. The molecule has 0 aromatic heterocycles. The summed E-state index contributed by atoms with van der Waals surface area (Å²) in [6, 6.07) is 6.94. The Bertz CT molecular complexity index is 870. The number of ether oxygens (including phenoxy) is 1. The predicted molar refractivity (Wildman–Crippen MR) is 119 cm³/mol. The highest BCUT2D eigenvalue weighted by atomic mass is 16.5. The summed E-state index contributed by atoms with van der Waals surface area (Å²) >= 11 is 0. The first-order valence-corrected chi connectivity index (χ1v) is 10.5. The number of hydrogen-bond donors (Lipinski definition) is 4. The molecule has 1 aromatic carbocycles. The summed E-state index contributed by atoms with van der Waals surface area (Å²) < 4.78 is 5.57. The zero-order chi connectivity index (χ0) is 23.9. The Morgan fingerprint density at radius 2 is 1.78 bits per heavy atom. The number of likely N-dealkylation sites (tertiary alicyclic amines) is 1. The van der Waals surface area contributed by atoms with Gasteiger partial charge in [-0.15, -0.1) is 0 Å². The lowest BCUT2D eigenvalue weighted by Gasteiger charge is -2.39. The van der Waals surface area contributed by atoms with Crippen molar-refractivity contribution in [2.45, 2.75) is 39.2 Å². The van der Waals surface area contributed by atoms with Crippen molar-refractivity contribution < 1.29 is 29.3 Å². The number of carboxylic acids is 2. The van der Waals surface area contributed by atoms with Crippen molar-refractivity contribution in [1.29, 1.82) is 5.41 Å². The number of nitrogens with two attached hydrogens (primary N) is 1. The van der Waals surface area contributed by atoms with Crippen molar-refractivity contribution >= 4 is 29.8 Å². The Kier molecular flexibility index (Phi) is 8.54. The second-order valence-electron chi connectivity index (χ2n) is 8.58. The largest absolute Gasteiger partial charge is 0.481 e. The average Bonchev–Trinajstić information content (AvgIpc) is 2.73. The lowest BCUT2D eigenvalue weighted by atomic mass is 9.82. The summed E-state index contributed by atoms with van der Waals surface area (Å²) in [4.78, 5) is 37.0. The molecule has 0 spiro atoms. The van der Waals surface area contributed by atoms with Crippen LogP contribution in [0, 0.1) is 16.7 Å². The van der Waals surface area contributed by atoms with Crippen molar-refractivity contribution in [3.8, 4) is 0 Å². The van der Waals surface area contributed by atoms with Gasteiger partial charge in [0.15, 0.2) is 0 Å². The molecule has 2 rings (SSSR count). The highest BCUT2D eigenvalue weighted by molar-refractivity contribution is 5.95. The summed E-state index contributed by atoms with van der Waals surface area (Å²) in [7, 11) is 0. The van der Waals surface area contributed by atoms with Gasteiger partial charge < -0.3 is 25.6 Å². The van der Waals surface area contributed by atoms with Crippen LogP contribution in [-0.2, 0) is 19.1 Å². The van der Waals surface area contributed by atoms with Gasteiger partial charge in [0.25, 0.3) is 0 Å². The fraction of sp³-hybridized carbons (Fsp3) is 0.478. The molecule has 1 aliphatic heterocycles. The number of benzene rings is 1. The number of nitrogens with zero attached hydrogens (tertiary/aromatic N) is 1. The van der Waals surface area contributed by atoms with E-state index >= 15 is 0 Å². The van der Waals surface area contributed by atoms with E-state index in [1.165, 1.54) is 0 Å². The number of nitrogen functional groups attached to an aromatic ring is 1. The number of amidine groups is 1. The van der Waals surface area contributed by atoms with Crippen LogP contribution in [0.2, 0.25) is 0 Å². The van der Waals surface area contributed by atoms with Crippen LogP contribution in [0.1, 0.15) is 44.2 Å². The van der Waals surface area contributed by atoms with Gasteiger partial charge in [0.05, 0.1) is 11.5 Å². The van der Waals surface area contributed by atoms with Gasteiger partial charge in [-0.2, -0.15) is 0 Å². The lowest BCUT2D eigenvalue weighted by molar-refractivity contribution is -0.155. The SMILES string of the molecule is CC(C)(C(=O)N1CCC(CC(=O)O)CC1)C(C=Cc1ccc(C(=N)N)cc1)OCC(=O)O. The van der Waals surface area contributed by atoms with Gasteiger partial charge in [-0.1, -0.05) is 36.4 Å². The van der Waals surface area contributed by atoms with E-state index in [1.807, 2.05) is 0 Å². The topological polar surface area (TPSA) is 154 Å². The minimum atomic E-state index is -1.13. The highest BCUT2D eigenvalue weighted by Gasteiger charge is 2.40. The standard InChI is InChI=1S/C23H31N3O6/c1-23(2,22(31)26-11-9-16(10-12-26)13-19(27)28)18(32-14-20(29)30)8-5-15-3-6-17(7-4-15)21(24)25/h3-8,16,18H,9-14H2,1-2H3,(H3,24,25)(H,27,28)(H,29,30). The maximum absolute atomic E-state index is 13.3. The highest BCUT2D eigenvalue weighted by Crippen LogP contribution is 2.31. The van der Waals surface area contributed by atoms with Gasteiger partial charge in [0.1, 0.15) is 12.4 Å². The molecular weight excluding hydrogens is 414 g/mol. The first-order valence-electron chi connectivity index (χ1n) is 10.5. The van der Waals surface area contributed by atoms with Gasteiger partial charge >= 0.3 is 11.9 Å². The molecule has 1 heterocycles. The number of carbonyl (C=O) groups excluding carboxylic acids is 1. The van der Waals surface area contributed by atoms with Crippen LogP contribution in [0.3, 0.4) is 0 Å². The number of nitrogens with one attached hydrogen (secondary N) is 1. The van der Waals surface area contributed by atoms with E-state index in [0.717, 1.165) is 5.56 Å². The van der Waals surface area contributed by atoms with E-state index in [1.54, 1.807) is 55.2 Å². The molecule has 174 valence electrons. The molecule has 32 heavy (non-hydrogen) atoms. The molecule has 1 atom stereocenters. The Hall–Kier alpha value is -3.20. The maximum Gasteiger partial charge on any atom is 0.329 e. The van der Waals surface area contributed by atoms with Crippen LogP contribution >= 0.6 is 0 Å². The Morgan fingerprint density at radius 1 is 1.19 bits per heavy atom. The number of carbonyl (C=O) groups is 3. The number of amides is 1. The zero-order valence-corrected chi connectivity index (χ0v) is 18.4. The molecule has 9 heteroatoms. The van der Waals surface area contributed by atoms with E-state index in [2.05, 4.69) is 0 Å². The number of piperidine rings is 1. The van der Waals surface area contributed by atoms with Crippen LogP contribution in [-0.4, -0.2) is 64.6 Å². The summed E-state index contributed by atoms with van der Waals surface area (Å²) in [5, 5.41) is 25.5. The smallest absolute Gasteiger partial charge is 0.329 e. The molecule has 5 N–H and O–H groups in total. The molecular formula is C23H31N3O6. The van der Waals surface area contributed by atoms with Crippen molar-refractivity contribution in [2.24, 2.45) is 17.1 Å². The first kappa shape index (κ1) is 25.1. The van der Waals surface area contributed by atoms with Crippen LogP contribution in [0.4, 0.5) is 0 Å². The molecule has 1 aromatic rings. The van der Waals surface area contributed by atoms with Gasteiger partial charge in [-0.3, -0.25) is 15.0 Å². The van der Waals surface area contributed by atoms with Gasteiger partial charge in [0.2, 0.25) is 5.91 Å². The molecule has 1 aliphatic rings. The second-order valence-corrected chi connectivity index (χ2v) is 8.58. The van der Waals surface area contributed by atoms with Crippen molar-refractivity contribution in [3.05, 3.63) is 41.5 Å². The predicted octanol–water partition coefficient (Wildman–Crippen LogP) is 2.19. The van der Waals surface area contributed by atoms with E-state index in [-0.39, 0.29) is 24.1 Å². The minimum absolute atomic E-state index is 0.0398. The molecule has 0 bridgehead atoms. The summed E-state index contributed by atoms with van der Waals surface area (Å²) in [6.07, 6.45) is 3.95. The third-order valence-electron chi connectivity index (χ3n) is 5.70. The van der Waals surface area contributed by atoms with Crippen molar-refractivity contribution in [2.75, 3.05) is 19.7 Å². The van der Waals surface area contributed by atoms with Crippen molar-refractivity contribution in [3.63, 3.8) is 0 Å². The molecule has 0 radical (unpaired) electrons. The maximum atomic E-state index is 13.3. The molecule has 9 nitrogen and oxygen atoms in total. The molecule has 0 saturated carbocycles. The summed E-state index contributed by atoms with van der Waals surface area (Å²) in [6.45, 7) is 3.81. The monoisotopic (exact) mass is 445 g/mol. The average molecular weight is 446 g/mol. The van der Waals surface area contributed by atoms with Crippen LogP contribution < -0.4 is 5.73 Å². The fourth-order valence-corrected chi connectivity index (χ4v) is 3.75. The number of hydrogen-bond acceptors (Lipinski definition) is 5. The molecule has 1 saturated heterocycles. The Labute approximate surface area is 187 Å². The van der Waals surface area contributed by atoms with E-state index in [0.29, 0.717) is 31.5 Å². The molecule has 0 aliphatic carbocycles. The third-order valence-corrected chi connectivity index (χ3v) is 5.70. The zero-order valence-electron chi connectivity index (χ0n) is 18.4. The number of carboxylic acid groups (broad SMARTS) is 2. The van der Waals surface area contributed by atoms with Gasteiger partial charge in [-0.25, -0.2) is 4.79 Å². The Balaban J connectivity index is 2.14. The third kappa shape index (κ3) is 6.91. The van der Waals surface area contributed by atoms with E-state index < -0.39 is 30.1 Å². The molecule has 1 unspecified atom stereocenters. The van der Waals surface area contributed by atoms with E-state index in [9.17, 15) is 14.4 Å².